The number of unbranched alkanes of at least 4 members (excludes halogenated alkanes) is 2. The van der Waals surface area contributed by atoms with Gasteiger partial charge in [0.1, 0.15) is 8.07 Å². The van der Waals surface area contributed by atoms with Crippen LogP contribution in [0.1, 0.15) is 46.9 Å². The lowest BCUT2D eigenvalue weighted by atomic mass is 10.1. The van der Waals surface area contributed by atoms with Crippen LogP contribution in [0.15, 0.2) is 24.3 Å². The predicted molar refractivity (Wildman–Crippen MR) is 116 cm³/mol. The van der Waals surface area contributed by atoms with Gasteiger partial charge in [0, 0.05) is 12.7 Å². The largest absolute Gasteiger partial charge is 0.328 e. The van der Waals surface area contributed by atoms with Crippen molar-refractivity contribution in [2.24, 2.45) is 0 Å². The van der Waals surface area contributed by atoms with Crippen molar-refractivity contribution in [3.63, 3.8) is 0 Å². The van der Waals surface area contributed by atoms with E-state index in [-0.39, 0.29) is 11.8 Å². The van der Waals surface area contributed by atoms with E-state index in [0.717, 1.165) is 12.8 Å². The van der Waals surface area contributed by atoms with Crippen LogP contribution in [0.25, 0.3) is 0 Å². The first kappa shape index (κ1) is 22.6. The number of fused-ring (bicyclic) bond motifs is 1. The third kappa shape index (κ3) is 6.17. The molecular weight excluding hydrogens is 389 g/mol. The van der Waals surface area contributed by atoms with Gasteiger partial charge in [-0.05, 0) is 31.9 Å². The van der Waals surface area contributed by atoms with Crippen LogP contribution in [0.5, 0.6) is 0 Å². The SMILES string of the molecule is CCOP(=O)(CC#C[Si](C)(C)C)CCCCCN1C(=O)c2ccccc2C1=O. The molecule has 1 aliphatic heterocycles. The highest BCUT2D eigenvalue weighted by atomic mass is 31.2. The van der Waals surface area contributed by atoms with E-state index in [4.69, 9.17) is 4.52 Å². The summed E-state index contributed by atoms with van der Waals surface area (Å²) in [7, 11) is -4.23. The molecule has 152 valence electrons. The molecule has 0 spiro atoms. The smallest absolute Gasteiger partial charge is 0.261 e. The van der Waals surface area contributed by atoms with Gasteiger partial charge >= 0.3 is 0 Å². The highest BCUT2D eigenvalue weighted by Crippen LogP contribution is 2.47. The van der Waals surface area contributed by atoms with Gasteiger partial charge in [-0.1, -0.05) is 38.2 Å². The number of hydrogen-bond donors (Lipinski definition) is 0. The first-order valence-corrected chi connectivity index (χ1v) is 15.3. The fourth-order valence-electron chi connectivity index (χ4n) is 3.09. The summed E-state index contributed by atoms with van der Waals surface area (Å²) in [4.78, 5) is 26.0. The molecule has 7 heteroatoms. The van der Waals surface area contributed by atoms with Crippen LogP contribution in [0, 0.1) is 11.5 Å². The average Bonchev–Trinajstić information content (AvgIpc) is 2.85. The minimum atomic E-state index is -2.74. The van der Waals surface area contributed by atoms with E-state index < -0.39 is 15.4 Å². The second-order valence-electron chi connectivity index (χ2n) is 8.03. The summed E-state index contributed by atoms with van der Waals surface area (Å²) in [6.45, 7) is 9.13. The molecule has 0 N–H and O–H groups in total. The van der Waals surface area contributed by atoms with Crippen LogP contribution < -0.4 is 0 Å². The summed E-state index contributed by atoms with van der Waals surface area (Å²) in [6, 6.07) is 6.92. The van der Waals surface area contributed by atoms with E-state index in [9.17, 15) is 14.2 Å². The maximum atomic E-state index is 12.9. The van der Waals surface area contributed by atoms with Crippen molar-refractivity contribution in [1.82, 2.24) is 4.90 Å². The molecule has 1 aromatic rings. The second-order valence-corrected chi connectivity index (χ2v) is 15.4. The number of hydrogen-bond acceptors (Lipinski definition) is 4. The van der Waals surface area contributed by atoms with Crippen molar-refractivity contribution in [2.45, 2.75) is 45.8 Å². The first-order valence-electron chi connectivity index (χ1n) is 9.85. The normalized spacial score (nSPS) is 15.8. The highest BCUT2D eigenvalue weighted by molar-refractivity contribution is 7.59. The Kier molecular flexibility index (Phi) is 7.83. The lowest BCUT2D eigenvalue weighted by Crippen LogP contribution is -2.30. The van der Waals surface area contributed by atoms with E-state index in [1.165, 1.54) is 4.90 Å². The van der Waals surface area contributed by atoms with Crippen LogP contribution in [-0.4, -0.2) is 50.3 Å². The molecule has 1 atom stereocenters. The van der Waals surface area contributed by atoms with Gasteiger partial charge in [0.2, 0.25) is 7.37 Å². The van der Waals surface area contributed by atoms with Gasteiger partial charge < -0.3 is 4.52 Å². The van der Waals surface area contributed by atoms with E-state index in [2.05, 4.69) is 31.1 Å². The van der Waals surface area contributed by atoms with Crippen molar-refractivity contribution in [3.8, 4) is 11.5 Å². The molecule has 0 radical (unpaired) electrons. The fourth-order valence-corrected chi connectivity index (χ4v) is 5.73. The fraction of sp³-hybridized carbons (Fsp3) is 0.524. The second kappa shape index (κ2) is 9.69. The van der Waals surface area contributed by atoms with Crippen molar-refractivity contribution >= 4 is 27.3 Å². The Hall–Kier alpha value is -1.67. The predicted octanol–water partition coefficient (Wildman–Crippen LogP) is 4.65. The lowest BCUT2D eigenvalue weighted by molar-refractivity contribution is 0.0651. The molecule has 2 rings (SSSR count). The minimum Gasteiger partial charge on any atom is -0.328 e. The Morgan fingerprint density at radius 2 is 1.64 bits per heavy atom. The first-order chi connectivity index (χ1) is 13.2. The van der Waals surface area contributed by atoms with Gasteiger partial charge in [0.05, 0.1) is 23.9 Å². The van der Waals surface area contributed by atoms with E-state index >= 15 is 0 Å². The maximum Gasteiger partial charge on any atom is 0.261 e. The van der Waals surface area contributed by atoms with Crippen molar-refractivity contribution < 1.29 is 18.7 Å². The van der Waals surface area contributed by atoms with Crippen molar-refractivity contribution in [3.05, 3.63) is 35.4 Å². The summed E-state index contributed by atoms with van der Waals surface area (Å²) in [5.74, 6) is 2.64. The lowest BCUT2D eigenvalue weighted by Gasteiger charge is -2.16. The van der Waals surface area contributed by atoms with Crippen molar-refractivity contribution in [1.29, 1.82) is 0 Å². The molecule has 0 saturated carbocycles. The van der Waals surface area contributed by atoms with Crippen LogP contribution >= 0.6 is 7.37 Å². The molecule has 0 aliphatic carbocycles. The van der Waals surface area contributed by atoms with Gasteiger partial charge in [0.15, 0.2) is 0 Å². The third-order valence-electron chi connectivity index (χ3n) is 4.41. The van der Waals surface area contributed by atoms with E-state index in [0.29, 0.717) is 43.0 Å². The molecule has 0 saturated heterocycles. The zero-order chi connectivity index (χ0) is 20.8. The molecule has 1 aromatic carbocycles. The number of benzene rings is 1. The van der Waals surface area contributed by atoms with Gasteiger partial charge in [-0.3, -0.25) is 19.1 Å². The zero-order valence-corrected chi connectivity index (χ0v) is 19.2. The summed E-state index contributed by atoms with van der Waals surface area (Å²) in [5.41, 5.74) is 4.21. The van der Waals surface area contributed by atoms with Crippen molar-refractivity contribution in [2.75, 3.05) is 25.5 Å². The zero-order valence-electron chi connectivity index (χ0n) is 17.3. The maximum absolute atomic E-state index is 12.9. The van der Waals surface area contributed by atoms with E-state index in [1.54, 1.807) is 24.3 Å². The molecule has 0 aromatic heterocycles. The van der Waals surface area contributed by atoms with Crippen LogP contribution in [0.2, 0.25) is 19.6 Å². The molecule has 5 nitrogen and oxygen atoms in total. The number of carbonyl (C=O) groups is 2. The minimum absolute atomic E-state index is 0.220. The quantitative estimate of drug-likeness (QED) is 0.192. The average molecular weight is 420 g/mol. The van der Waals surface area contributed by atoms with E-state index in [1.807, 2.05) is 6.92 Å². The standard InChI is InChI=1S/C21H30NO4PSi/c1-5-26-27(25,16-11-17-28(2,3)4)15-10-6-9-14-22-20(23)18-12-7-8-13-19(18)21(22)24/h7-8,12-13H,5-6,9-10,14-16H2,1-4H3. The van der Waals surface area contributed by atoms with Crippen LogP contribution in [-0.2, 0) is 9.09 Å². The summed E-state index contributed by atoms with van der Waals surface area (Å²) < 4.78 is 18.5. The molecule has 1 heterocycles. The number of rotatable bonds is 9. The summed E-state index contributed by atoms with van der Waals surface area (Å²) in [6.07, 6.45) is 3.01. The number of nitrogens with zero attached hydrogens (tertiary/aromatic N) is 1. The summed E-state index contributed by atoms with van der Waals surface area (Å²) >= 11 is 0. The van der Waals surface area contributed by atoms with Gasteiger partial charge in [-0.15, -0.1) is 11.5 Å². The number of amides is 2. The number of imide groups is 1. The Bertz CT molecular complexity index is 800. The molecule has 0 fully saturated rings. The summed E-state index contributed by atoms with van der Waals surface area (Å²) in [5, 5.41) is 0. The Balaban J connectivity index is 1.81. The molecule has 1 unspecified atom stereocenters. The Labute approximate surface area is 169 Å². The Morgan fingerprint density at radius 3 is 2.18 bits per heavy atom. The monoisotopic (exact) mass is 419 g/mol. The van der Waals surface area contributed by atoms with Gasteiger partial charge in [-0.25, -0.2) is 0 Å². The van der Waals surface area contributed by atoms with Gasteiger partial charge in [-0.2, -0.15) is 0 Å². The third-order valence-corrected chi connectivity index (χ3v) is 7.70. The topological polar surface area (TPSA) is 63.7 Å². The van der Waals surface area contributed by atoms with Gasteiger partial charge in [0.25, 0.3) is 11.8 Å². The molecule has 1 aliphatic rings. The molecule has 2 amide bonds. The van der Waals surface area contributed by atoms with Crippen LogP contribution in [0.3, 0.4) is 0 Å². The molecule has 0 bridgehead atoms. The number of carbonyl (C=O) groups excluding carboxylic acids is 2. The molecular formula is C21H30NO4PSi. The Morgan fingerprint density at radius 1 is 1.04 bits per heavy atom. The van der Waals surface area contributed by atoms with Crippen LogP contribution in [0.4, 0.5) is 0 Å². The highest BCUT2D eigenvalue weighted by Gasteiger charge is 2.34. The molecule has 28 heavy (non-hydrogen) atoms.